The molecule has 7 N–H and O–H groups in total. The largest absolute Gasteiger partial charge is 0.493 e. The zero-order chi connectivity index (χ0) is 25.8. The molecule has 0 bridgehead atoms. The van der Waals surface area contributed by atoms with E-state index < -0.39 is 0 Å². The van der Waals surface area contributed by atoms with Gasteiger partial charge >= 0.3 is 0 Å². The molecule has 4 rings (SSSR count). The highest BCUT2D eigenvalue weighted by Gasteiger charge is 2.06. The van der Waals surface area contributed by atoms with Gasteiger partial charge in [-0.25, -0.2) is 0 Å². The van der Waals surface area contributed by atoms with Crippen molar-refractivity contribution in [1.29, 1.82) is 0 Å². The molecule has 0 saturated heterocycles. The van der Waals surface area contributed by atoms with Gasteiger partial charge in [0, 0.05) is 23.5 Å². The van der Waals surface area contributed by atoms with Crippen molar-refractivity contribution in [3.05, 3.63) is 40.3 Å². The second-order valence-electron chi connectivity index (χ2n) is 6.15. The van der Waals surface area contributed by atoms with Crippen molar-refractivity contribution in [3.8, 4) is 23.0 Å². The Balaban J connectivity index is 0.000000560. The molecule has 0 atom stereocenters. The van der Waals surface area contributed by atoms with Gasteiger partial charge in [0.2, 0.25) is 15.4 Å². The van der Waals surface area contributed by atoms with Crippen LogP contribution in [0.25, 0.3) is 0 Å². The minimum atomic E-state index is 0. The lowest BCUT2D eigenvalue weighted by atomic mass is 10.3. The van der Waals surface area contributed by atoms with Gasteiger partial charge in [-0.2, -0.15) is 0 Å². The highest BCUT2D eigenvalue weighted by atomic mass is 79.9. The van der Waals surface area contributed by atoms with Crippen molar-refractivity contribution in [2.45, 2.75) is 14.9 Å². The first-order chi connectivity index (χ1) is 16.8. The number of benzene rings is 2. The average Bonchev–Trinajstić information content (AvgIpc) is 3.45. The SMILES string of the molecule is C.C.COc1ccc(N)cc1OC.COc1ccc(Nc2nnc(N)s2)cc1OC.Nc1nnc(Br)s1. The van der Waals surface area contributed by atoms with E-state index in [1.54, 1.807) is 46.6 Å². The molecule has 0 fully saturated rings. The molecule has 2 heterocycles. The van der Waals surface area contributed by atoms with Crippen LogP contribution in [0.2, 0.25) is 0 Å². The molecular weight excluding hydrogens is 584 g/mol. The van der Waals surface area contributed by atoms with E-state index in [9.17, 15) is 0 Å². The third kappa shape index (κ3) is 10.9. The van der Waals surface area contributed by atoms with Gasteiger partial charge in [0.25, 0.3) is 0 Å². The van der Waals surface area contributed by atoms with E-state index in [2.05, 4.69) is 41.6 Å². The maximum atomic E-state index is 5.52. The number of hydrogen-bond donors (Lipinski definition) is 4. The Hall–Kier alpha value is -3.56. The summed E-state index contributed by atoms with van der Waals surface area (Å²) in [5.74, 6) is 2.68. The van der Waals surface area contributed by atoms with Gasteiger partial charge in [0.05, 0.1) is 28.4 Å². The first-order valence-corrected chi connectivity index (χ1v) is 12.0. The minimum Gasteiger partial charge on any atom is -0.493 e. The molecule has 0 aliphatic carbocycles. The molecule has 2 aromatic heterocycles. The molecule has 12 nitrogen and oxygen atoms in total. The van der Waals surface area contributed by atoms with E-state index in [0.717, 1.165) is 9.60 Å². The Bertz CT molecular complexity index is 1190. The number of rotatable bonds is 6. The van der Waals surface area contributed by atoms with Crippen LogP contribution in [0.5, 0.6) is 23.0 Å². The normalized spacial score (nSPS) is 9.11. The predicted octanol–water partition coefficient (Wildman–Crippen LogP) is 5.32. The summed E-state index contributed by atoms with van der Waals surface area (Å²) in [5, 5.41) is 19.3. The van der Waals surface area contributed by atoms with Crippen LogP contribution in [0.4, 0.5) is 26.8 Å². The van der Waals surface area contributed by atoms with E-state index in [-0.39, 0.29) is 14.9 Å². The summed E-state index contributed by atoms with van der Waals surface area (Å²) < 4.78 is 21.1. The van der Waals surface area contributed by atoms with Crippen molar-refractivity contribution in [2.75, 3.05) is 51.0 Å². The molecule has 0 saturated carbocycles. The van der Waals surface area contributed by atoms with Crippen molar-refractivity contribution < 1.29 is 18.9 Å². The molecule has 0 aliphatic rings. The predicted molar refractivity (Wildman–Crippen MR) is 157 cm³/mol. The van der Waals surface area contributed by atoms with Crippen LogP contribution in [0.1, 0.15) is 14.9 Å². The maximum absolute atomic E-state index is 5.52. The third-order valence-corrected chi connectivity index (χ3v) is 5.75. The Morgan fingerprint density at radius 2 is 1.19 bits per heavy atom. The Morgan fingerprint density at radius 1 is 0.676 bits per heavy atom. The van der Waals surface area contributed by atoms with Crippen molar-refractivity contribution in [1.82, 2.24) is 20.4 Å². The summed E-state index contributed by atoms with van der Waals surface area (Å²) in [6.45, 7) is 0. The Labute approximate surface area is 233 Å². The first-order valence-electron chi connectivity index (χ1n) is 9.59. The van der Waals surface area contributed by atoms with E-state index >= 15 is 0 Å². The molecule has 0 unspecified atom stereocenters. The number of nitrogens with two attached hydrogens (primary N) is 3. The van der Waals surface area contributed by atoms with Crippen LogP contribution in [0.3, 0.4) is 0 Å². The van der Waals surface area contributed by atoms with Crippen LogP contribution >= 0.6 is 38.6 Å². The van der Waals surface area contributed by atoms with Crippen LogP contribution in [0.15, 0.2) is 40.3 Å². The van der Waals surface area contributed by atoms with Gasteiger partial charge in [-0.05, 0) is 40.2 Å². The molecule has 0 aliphatic heterocycles. The number of methoxy groups -OCH3 is 4. The lowest BCUT2D eigenvalue weighted by Gasteiger charge is -2.09. The van der Waals surface area contributed by atoms with E-state index in [1.807, 2.05) is 18.2 Å². The molecular formula is C22H33BrN8O4S2. The topological polar surface area (TPSA) is 179 Å². The van der Waals surface area contributed by atoms with Gasteiger partial charge in [-0.1, -0.05) is 37.5 Å². The molecule has 204 valence electrons. The highest BCUT2D eigenvalue weighted by molar-refractivity contribution is 9.11. The lowest BCUT2D eigenvalue weighted by molar-refractivity contribution is 0.355. The van der Waals surface area contributed by atoms with E-state index in [1.165, 1.54) is 22.7 Å². The van der Waals surface area contributed by atoms with Crippen LogP contribution < -0.4 is 41.5 Å². The second-order valence-corrected chi connectivity index (χ2v) is 9.44. The zero-order valence-electron chi connectivity index (χ0n) is 19.3. The number of nitrogens with one attached hydrogen (secondary N) is 1. The summed E-state index contributed by atoms with van der Waals surface area (Å²) in [6, 6.07) is 10.7. The highest BCUT2D eigenvalue weighted by Crippen LogP contribution is 2.32. The monoisotopic (exact) mass is 616 g/mol. The number of nitrogens with zero attached hydrogens (tertiary/aromatic N) is 4. The van der Waals surface area contributed by atoms with Crippen LogP contribution in [-0.4, -0.2) is 48.8 Å². The fraction of sp³-hybridized carbons (Fsp3) is 0.273. The number of ether oxygens (including phenoxy) is 4. The zero-order valence-corrected chi connectivity index (χ0v) is 22.5. The molecule has 37 heavy (non-hydrogen) atoms. The smallest absolute Gasteiger partial charge is 0.211 e. The summed E-state index contributed by atoms with van der Waals surface area (Å²) >= 11 is 5.69. The molecule has 2 aromatic carbocycles. The average molecular weight is 618 g/mol. The molecule has 15 heteroatoms. The molecule has 0 amide bonds. The molecule has 4 aromatic rings. The summed E-state index contributed by atoms with van der Waals surface area (Å²) in [5.41, 5.74) is 17.7. The van der Waals surface area contributed by atoms with Crippen molar-refractivity contribution in [2.24, 2.45) is 0 Å². The third-order valence-electron chi connectivity index (χ3n) is 3.90. The minimum absolute atomic E-state index is 0. The fourth-order valence-corrected chi connectivity index (χ4v) is 3.83. The second kappa shape index (κ2) is 17.0. The van der Waals surface area contributed by atoms with Gasteiger partial charge in [-0.3, -0.25) is 0 Å². The van der Waals surface area contributed by atoms with Gasteiger partial charge in [-0.15, -0.1) is 20.4 Å². The maximum Gasteiger partial charge on any atom is 0.211 e. The molecule has 0 radical (unpaired) electrons. The summed E-state index contributed by atoms with van der Waals surface area (Å²) in [7, 11) is 6.35. The van der Waals surface area contributed by atoms with E-state index in [0.29, 0.717) is 44.1 Å². The fourth-order valence-electron chi connectivity index (χ4n) is 2.39. The number of halogens is 1. The summed E-state index contributed by atoms with van der Waals surface area (Å²) in [6.07, 6.45) is 0. The number of anilines is 5. The molecule has 0 spiro atoms. The van der Waals surface area contributed by atoms with Gasteiger partial charge in [0.1, 0.15) is 0 Å². The first kappa shape index (κ1) is 33.4. The number of aromatic nitrogens is 4. The van der Waals surface area contributed by atoms with Gasteiger partial charge in [0.15, 0.2) is 26.9 Å². The van der Waals surface area contributed by atoms with Crippen molar-refractivity contribution >= 4 is 65.4 Å². The van der Waals surface area contributed by atoms with Crippen LogP contribution in [0, 0.1) is 0 Å². The number of nitrogen functional groups attached to an aromatic ring is 3. The van der Waals surface area contributed by atoms with E-state index in [4.69, 9.17) is 36.1 Å². The van der Waals surface area contributed by atoms with Crippen molar-refractivity contribution in [3.63, 3.8) is 0 Å². The standard InChI is InChI=1S/C10H12N4O2S.C8H11NO2.C2H2BrN3S.2CH4/c1-15-7-4-3-6(5-8(7)16-2)12-10-14-13-9(11)17-10;1-10-7-4-3-6(9)5-8(7)11-2;3-1-5-6-2(4)7-1;;/h3-5H,1-2H3,(H2,11,13)(H,12,14);3-5H,9H2,1-2H3;(H2,4,6);2*1H4. The quantitative estimate of drug-likeness (QED) is 0.205. The summed E-state index contributed by atoms with van der Waals surface area (Å²) in [4.78, 5) is 0. The Morgan fingerprint density at radius 3 is 1.62 bits per heavy atom. The number of hydrogen-bond acceptors (Lipinski definition) is 14. The Kier molecular flexibility index (Phi) is 15.4. The van der Waals surface area contributed by atoms with Crippen LogP contribution in [-0.2, 0) is 0 Å². The lowest BCUT2D eigenvalue weighted by Crippen LogP contribution is -1.94. The van der Waals surface area contributed by atoms with Gasteiger partial charge < -0.3 is 41.5 Å².